The molecule has 31 heavy (non-hydrogen) atoms. The van der Waals surface area contributed by atoms with Gasteiger partial charge in [-0.3, -0.25) is 4.79 Å². The molecule has 3 aromatic rings. The van der Waals surface area contributed by atoms with Crippen LogP contribution in [0, 0.1) is 12.8 Å². The minimum Gasteiger partial charge on any atom is -0.383 e. The Labute approximate surface area is 185 Å². The summed E-state index contributed by atoms with van der Waals surface area (Å²) in [5, 5.41) is 1.06. The molecule has 0 atom stereocenters. The number of hydrogen-bond donors (Lipinski definition) is 1. The van der Waals surface area contributed by atoms with Crippen molar-refractivity contribution in [3.63, 3.8) is 0 Å². The molecule has 2 aromatic carbocycles. The zero-order valence-electron chi connectivity index (χ0n) is 18.7. The topological polar surface area (TPSA) is 59.2 Å². The summed E-state index contributed by atoms with van der Waals surface area (Å²) >= 11 is 0. The van der Waals surface area contributed by atoms with Gasteiger partial charge in [-0.15, -0.1) is 0 Å². The normalized spacial score (nSPS) is 14.6. The summed E-state index contributed by atoms with van der Waals surface area (Å²) in [7, 11) is 1.94. The summed E-state index contributed by atoms with van der Waals surface area (Å²) in [6.45, 7) is 3.01. The second-order valence-corrected chi connectivity index (χ2v) is 9.03. The lowest BCUT2D eigenvalue weighted by molar-refractivity contribution is -0.130. The summed E-state index contributed by atoms with van der Waals surface area (Å²) < 4.78 is 0. The van der Waals surface area contributed by atoms with E-state index < -0.39 is 0 Å². The van der Waals surface area contributed by atoms with Gasteiger partial charge in [-0.05, 0) is 72.6 Å². The molecule has 0 unspecified atom stereocenters. The number of rotatable bonds is 6. The summed E-state index contributed by atoms with van der Waals surface area (Å²) in [4.78, 5) is 19.2. The zero-order valence-corrected chi connectivity index (χ0v) is 18.7. The minimum absolute atomic E-state index is 0.193. The van der Waals surface area contributed by atoms with Crippen LogP contribution in [0.3, 0.4) is 0 Å². The number of fused-ring (bicyclic) bond motifs is 1. The minimum atomic E-state index is 0.193. The van der Waals surface area contributed by atoms with E-state index in [2.05, 4.69) is 54.4 Å². The third-order valence-corrected chi connectivity index (χ3v) is 6.67. The average molecular weight is 416 g/mol. The molecular formula is C27H33N3O. The van der Waals surface area contributed by atoms with Crippen LogP contribution in [0.1, 0.15) is 49.7 Å². The highest BCUT2D eigenvalue weighted by molar-refractivity contribution is 5.87. The van der Waals surface area contributed by atoms with Gasteiger partial charge in [0.1, 0.15) is 5.82 Å². The predicted molar refractivity (Wildman–Crippen MR) is 129 cm³/mol. The number of carbonyl (C=O) groups is 1. The van der Waals surface area contributed by atoms with Crippen molar-refractivity contribution < 1.29 is 4.79 Å². The quantitative estimate of drug-likeness (QED) is 0.556. The number of aryl methyl sites for hydroxylation is 2. The number of carbonyl (C=O) groups excluding carboxylic acids is 1. The number of pyridine rings is 1. The molecule has 1 saturated carbocycles. The van der Waals surface area contributed by atoms with Crippen LogP contribution in [0.2, 0.25) is 0 Å². The smallest absolute Gasteiger partial charge is 0.222 e. The molecule has 1 aliphatic rings. The highest BCUT2D eigenvalue weighted by Crippen LogP contribution is 2.28. The summed E-state index contributed by atoms with van der Waals surface area (Å²) in [5.74, 6) is 1.38. The molecule has 4 nitrogen and oxygen atoms in total. The van der Waals surface area contributed by atoms with E-state index in [4.69, 9.17) is 5.73 Å². The first-order valence-electron chi connectivity index (χ1n) is 11.5. The molecular weight excluding hydrogens is 382 g/mol. The van der Waals surface area contributed by atoms with E-state index in [1.807, 2.05) is 18.0 Å². The third-order valence-electron chi connectivity index (χ3n) is 6.67. The molecule has 4 heteroatoms. The second kappa shape index (κ2) is 9.51. The van der Waals surface area contributed by atoms with Crippen molar-refractivity contribution in [2.75, 3.05) is 19.3 Å². The largest absolute Gasteiger partial charge is 0.383 e. The zero-order chi connectivity index (χ0) is 21.8. The number of aromatic nitrogens is 1. The summed E-state index contributed by atoms with van der Waals surface area (Å²) in [6.07, 6.45) is 7.54. The van der Waals surface area contributed by atoms with E-state index in [-0.39, 0.29) is 5.91 Å². The first-order chi connectivity index (χ1) is 15.0. The van der Waals surface area contributed by atoms with Gasteiger partial charge in [-0.1, -0.05) is 49.6 Å². The molecule has 2 N–H and O–H groups in total. The molecule has 0 spiro atoms. The molecule has 1 aromatic heterocycles. The summed E-state index contributed by atoms with van der Waals surface area (Å²) in [6, 6.07) is 16.8. The number of nitrogen functional groups attached to an aromatic ring is 1. The van der Waals surface area contributed by atoms with Gasteiger partial charge in [0.25, 0.3) is 0 Å². The number of nitrogens with two attached hydrogens (primary N) is 1. The lowest BCUT2D eigenvalue weighted by Gasteiger charge is -2.27. The van der Waals surface area contributed by atoms with E-state index in [1.54, 1.807) is 0 Å². The van der Waals surface area contributed by atoms with Gasteiger partial charge < -0.3 is 10.6 Å². The van der Waals surface area contributed by atoms with E-state index in [0.717, 1.165) is 23.0 Å². The fraction of sp³-hybridized carbons (Fsp3) is 0.407. The molecule has 1 aliphatic carbocycles. The van der Waals surface area contributed by atoms with Crippen molar-refractivity contribution in [1.82, 2.24) is 9.88 Å². The van der Waals surface area contributed by atoms with Gasteiger partial charge in [0.05, 0.1) is 5.52 Å². The van der Waals surface area contributed by atoms with Crippen LogP contribution in [-0.2, 0) is 11.2 Å². The number of anilines is 1. The second-order valence-electron chi connectivity index (χ2n) is 9.03. The molecule has 1 fully saturated rings. The van der Waals surface area contributed by atoms with Crippen molar-refractivity contribution in [3.05, 3.63) is 59.7 Å². The SMILES string of the molecule is Cc1ccccc1-c1ccc2nc(N)c(CCC(=O)N(C)CC3CCCCC3)cc2c1. The van der Waals surface area contributed by atoms with Gasteiger partial charge >= 0.3 is 0 Å². The van der Waals surface area contributed by atoms with E-state index in [0.29, 0.717) is 24.6 Å². The fourth-order valence-electron chi connectivity index (χ4n) is 4.79. The summed E-state index contributed by atoms with van der Waals surface area (Å²) in [5.41, 5.74) is 11.7. The van der Waals surface area contributed by atoms with Crippen LogP contribution < -0.4 is 5.73 Å². The standard InChI is InChI=1S/C27H33N3O/c1-19-8-6-7-11-24(19)21-12-14-25-23(16-21)17-22(27(28)29-25)13-15-26(31)30(2)18-20-9-4-3-5-10-20/h6-8,11-12,14,16-17,20H,3-5,9-10,13,15,18H2,1-2H3,(H2,28,29). The Hall–Kier alpha value is -2.88. The average Bonchev–Trinajstić information content (AvgIpc) is 2.78. The lowest BCUT2D eigenvalue weighted by Crippen LogP contribution is -2.32. The van der Waals surface area contributed by atoms with Crippen LogP contribution in [0.15, 0.2) is 48.5 Å². The Balaban J connectivity index is 1.47. The predicted octanol–water partition coefficient (Wildman–Crippen LogP) is 5.76. The maximum Gasteiger partial charge on any atom is 0.222 e. The highest BCUT2D eigenvalue weighted by atomic mass is 16.2. The lowest BCUT2D eigenvalue weighted by atomic mass is 9.89. The Morgan fingerprint density at radius 3 is 2.65 bits per heavy atom. The molecule has 162 valence electrons. The van der Waals surface area contributed by atoms with Gasteiger partial charge in [0.2, 0.25) is 5.91 Å². The van der Waals surface area contributed by atoms with Crippen molar-refractivity contribution in [3.8, 4) is 11.1 Å². The fourth-order valence-corrected chi connectivity index (χ4v) is 4.79. The monoisotopic (exact) mass is 415 g/mol. The number of hydrogen-bond acceptors (Lipinski definition) is 3. The molecule has 0 bridgehead atoms. The molecule has 4 rings (SSSR count). The van der Waals surface area contributed by atoms with Crippen LogP contribution in [0.5, 0.6) is 0 Å². The van der Waals surface area contributed by atoms with E-state index >= 15 is 0 Å². The van der Waals surface area contributed by atoms with E-state index in [9.17, 15) is 4.79 Å². The highest BCUT2D eigenvalue weighted by Gasteiger charge is 2.18. The third kappa shape index (κ3) is 5.07. The Morgan fingerprint density at radius 1 is 1.10 bits per heavy atom. The van der Waals surface area contributed by atoms with Crippen LogP contribution in [-0.4, -0.2) is 29.4 Å². The number of nitrogens with zero attached hydrogens (tertiary/aromatic N) is 2. The first-order valence-corrected chi connectivity index (χ1v) is 11.5. The maximum atomic E-state index is 12.7. The Morgan fingerprint density at radius 2 is 1.87 bits per heavy atom. The van der Waals surface area contributed by atoms with Gasteiger partial charge in [0, 0.05) is 25.4 Å². The van der Waals surface area contributed by atoms with Crippen LogP contribution in [0.25, 0.3) is 22.0 Å². The maximum absolute atomic E-state index is 12.7. The van der Waals surface area contributed by atoms with Crippen LogP contribution >= 0.6 is 0 Å². The van der Waals surface area contributed by atoms with Crippen molar-refractivity contribution >= 4 is 22.6 Å². The number of amides is 1. The van der Waals surface area contributed by atoms with E-state index in [1.165, 1.54) is 48.8 Å². The molecule has 0 aliphatic heterocycles. The first kappa shape index (κ1) is 21.4. The Bertz CT molecular complexity index is 1070. The molecule has 1 heterocycles. The van der Waals surface area contributed by atoms with Gasteiger partial charge in [0.15, 0.2) is 0 Å². The van der Waals surface area contributed by atoms with Crippen molar-refractivity contribution in [2.45, 2.75) is 51.9 Å². The van der Waals surface area contributed by atoms with Gasteiger partial charge in [-0.2, -0.15) is 0 Å². The van der Waals surface area contributed by atoms with Crippen molar-refractivity contribution in [2.24, 2.45) is 5.92 Å². The number of benzene rings is 2. The molecule has 0 radical (unpaired) electrons. The van der Waals surface area contributed by atoms with Gasteiger partial charge in [-0.25, -0.2) is 4.98 Å². The molecule has 1 amide bonds. The molecule has 0 saturated heterocycles. The van der Waals surface area contributed by atoms with Crippen LogP contribution in [0.4, 0.5) is 5.82 Å². The van der Waals surface area contributed by atoms with Crippen molar-refractivity contribution in [1.29, 1.82) is 0 Å². The Kier molecular flexibility index (Phi) is 6.55.